The first-order chi connectivity index (χ1) is 8.84. The van der Waals surface area contributed by atoms with E-state index in [0.29, 0.717) is 11.7 Å². The van der Waals surface area contributed by atoms with Gasteiger partial charge in [0.1, 0.15) is 5.82 Å². The molecule has 2 N–H and O–H groups in total. The Labute approximate surface area is 112 Å². The number of anilines is 1. The van der Waals surface area contributed by atoms with Gasteiger partial charge in [-0.15, -0.1) is 11.8 Å². The fraction of sp³-hybridized carbons (Fsp3) is 0.267. The Bertz CT molecular complexity index is 554. The highest BCUT2D eigenvalue weighted by molar-refractivity contribution is 7.99. The van der Waals surface area contributed by atoms with E-state index in [1.165, 1.54) is 21.8 Å². The number of nitrogens with two attached hydrogens (primary N) is 1. The lowest BCUT2D eigenvalue weighted by atomic mass is 9.94. The smallest absolute Gasteiger partial charge is 0.126 e. The molecule has 0 spiro atoms. The van der Waals surface area contributed by atoms with Crippen LogP contribution in [0.4, 0.5) is 5.82 Å². The van der Waals surface area contributed by atoms with Crippen molar-refractivity contribution in [2.75, 3.05) is 11.5 Å². The maximum absolute atomic E-state index is 5.88. The molecule has 92 valence electrons. The number of rotatable bonds is 3. The molecule has 1 aliphatic rings. The SMILES string of the molecule is Nc1ncccc1CCC1CSc2ccccc21. The summed E-state index contributed by atoms with van der Waals surface area (Å²) >= 11 is 1.97. The Kier molecular flexibility index (Phi) is 3.24. The molecule has 1 unspecified atom stereocenters. The number of thioether (sulfide) groups is 1. The highest BCUT2D eigenvalue weighted by Crippen LogP contribution is 2.41. The van der Waals surface area contributed by atoms with Crippen LogP contribution in [0.15, 0.2) is 47.5 Å². The lowest BCUT2D eigenvalue weighted by Crippen LogP contribution is -2.02. The number of aromatic nitrogens is 1. The number of fused-ring (bicyclic) bond motifs is 1. The second-order valence-corrected chi connectivity index (χ2v) is 5.69. The lowest BCUT2D eigenvalue weighted by molar-refractivity contribution is 0.690. The third kappa shape index (κ3) is 2.23. The maximum Gasteiger partial charge on any atom is 0.126 e. The molecule has 0 saturated heterocycles. The van der Waals surface area contributed by atoms with E-state index in [1.54, 1.807) is 6.20 Å². The summed E-state index contributed by atoms with van der Waals surface area (Å²) < 4.78 is 0. The van der Waals surface area contributed by atoms with Gasteiger partial charge >= 0.3 is 0 Å². The molecule has 2 heterocycles. The van der Waals surface area contributed by atoms with Gasteiger partial charge in [0.2, 0.25) is 0 Å². The predicted molar refractivity (Wildman–Crippen MR) is 76.9 cm³/mol. The van der Waals surface area contributed by atoms with Crippen molar-refractivity contribution in [2.45, 2.75) is 23.7 Å². The van der Waals surface area contributed by atoms with E-state index in [4.69, 9.17) is 5.73 Å². The first kappa shape index (κ1) is 11.6. The van der Waals surface area contributed by atoms with Gasteiger partial charge in [0.25, 0.3) is 0 Å². The molecule has 18 heavy (non-hydrogen) atoms. The zero-order chi connectivity index (χ0) is 12.4. The highest BCUT2D eigenvalue weighted by Gasteiger charge is 2.22. The molecule has 0 amide bonds. The predicted octanol–water partition coefficient (Wildman–Crippen LogP) is 3.49. The lowest BCUT2D eigenvalue weighted by Gasteiger charge is -2.11. The summed E-state index contributed by atoms with van der Waals surface area (Å²) in [6, 6.07) is 12.8. The van der Waals surface area contributed by atoms with Gasteiger partial charge in [0.15, 0.2) is 0 Å². The molecule has 3 rings (SSSR count). The van der Waals surface area contributed by atoms with Crippen molar-refractivity contribution in [2.24, 2.45) is 0 Å². The van der Waals surface area contributed by atoms with Crippen molar-refractivity contribution < 1.29 is 0 Å². The highest BCUT2D eigenvalue weighted by atomic mass is 32.2. The standard InChI is InChI=1S/C15H16N2S/c16-15-11(4-3-9-17-15)7-8-12-10-18-14-6-2-1-5-13(12)14/h1-6,9,12H,7-8,10H2,(H2,16,17). The van der Waals surface area contributed by atoms with E-state index in [2.05, 4.69) is 35.3 Å². The molecule has 0 fully saturated rings. The third-order valence-electron chi connectivity index (χ3n) is 3.49. The molecule has 1 aromatic carbocycles. The van der Waals surface area contributed by atoms with Gasteiger partial charge in [0, 0.05) is 16.8 Å². The summed E-state index contributed by atoms with van der Waals surface area (Å²) in [5.74, 6) is 2.53. The van der Waals surface area contributed by atoms with E-state index < -0.39 is 0 Å². The van der Waals surface area contributed by atoms with Crippen molar-refractivity contribution in [1.29, 1.82) is 0 Å². The van der Waals surface area contributed by atoms with E-state index in [1.807, 2.05) is 17.8 Å². The largest absolute Gasteiger partial charge is 0.383 e. The zero-order valence-electron chi connectivity index (χ0n) is 10.2. The molecular formula is C15H16N2S. The molecule has 1 aromatic heterocycles. The van der Waals surface area contributed by atoms with Crippen LogP contribution < -0.4 is 5.73 Å². The average Bonchev–Trinajstić information content (AvgIpc) is 2.81. The Morgan fingerprint density at radius 1 is 1.22 bits per heavy atom. The first-order valence-electron chi connectivity index (χ1n) is 6.25. The monoisotopic (exact) mass is 256 g/mol. The molecule has 0 bridgehead atoms. The van der Waals surface area contributed by atoms with Crippen molar-refractivity contribution in [3.05, 3.63) is 53.7 Å². The fourth-order valence-electron chi connectivity index (χ4n) is 2.46. The van der Waals surface area contributed by atoms with Crippen molar-refractivity contribution >= 4 is 17.6 Å². The molecule has 1 atom stereocenters. The summed E-state index contributed by atoms with van der Waals surface area (Å²) in [5, 5.41) is 0. The molecular weight excluding hydrogens is 240 g/mol. The van der Waals surface area contributed by atoms with Crippen molar-refractivity contribution in [1.82, 2.24) is 4.98 Å². The van der Waals surface area contributed by atoms with Crippen LogP contribution in [0.2, 0.25) is 0 Å². The van der Waals surface area contributed by atoms with Gasteiger partial charge in [-0.1, -0.05) is 24.3 Å². The average molecular weight is 256 g/mol. The van der Waals surface area contributed by atoms with Gasteiger partial charge in [-0.25, -0.2) is 4.98 Å². The van der Waals surface area contributed by atoms with Crippen molar-refractivity contribution in [3.8, 4) is 0 Å². The van der Waals surface area contributed by atoms with E-state index in [0.717, 1.165) is 12.8 Å². The van der Waals surface area contributed by atoms with Gasteiger partial charge in [-0.2, -0.15) is 0 Å². The Hall–Kier alpha value is -1.48. The molecule has 2 aromatic rings. The number of pyridine rings is 1. The number of benzene rings is 1. The summed E-state index contributed by atoms with van der Waals surface area (Å²) in [4.78, 5) is 5.59. The van der Waals surface area contributed by atoms with E-state index in [-0.39, 0.29) is 0 Å². The molecule has 0 saturated carbocycles. The van der Waals surface area contributed by atoms with Gasteiger partial charge < -0.3 is 5.73 Å². The van der Waals surface area contributed by atoms with Crippen LogP contribution in [0, 0.1) is 0 Å². The molecule has 3 heteroatoms. The molecule has 1 aliphatic heterocycles. The molecule has 2 nitrogen and oxygen atoms in total. The second-order valence-electron chi connectivity index (χ2n) is 4.63. The summed E-state index contributed by atoms with van der Waals surface area (Å²) in [6.45, 7) is 0. The zero-order valence-corrected chi connectivity index (χ0v) is 11.0. The first-order valence-corrected chi connectivity index (χ1v) is 7.24. The minimum Gasteiger partial charge on any atom is -0.383 e. The number of aryl methyl sites for hydroxylation is 1. The summed E-state index contributed by atoms with van der Waals surface area (Å²) in [5.41, 5.74) is 8.56. The normalized spacial score (nSPS) is 17.7. The van der Waals surface area contributed by atoms with Crippen LogP contribution in [-0.4, -0.2) is 10.7 Å². The van der Waals surface area contributed by atoms with Crippen LogP contribution >= 0.6 is 11.8 Å². The molecule has 0 radical (unpaired) electrons. The van der Waals surface area contributed by atoms with Crippen LogP contribution in [-0.2, 0) is 6.42 Å². The quantitative estimate of drug-likeness (QED) is 0.913. The van der Waals surface area contributed by atoms with Crippen LogP contribution in [0.25, 0.3) is 0 Å². The topological polar surface area (TPSA) is 38.9 Å². The summed E-state index contributed by atoms with van der Waals surface area (Å²) in [7, 11) is 0. The van der Waals surface area contributed by atoms with Gasteiger partial charge in [0.05, 0.1) is 0 Å². The van der Waals surface area contributed by atoms with E-state index in [9.17, 15) is 0 Å². The Morgan fingerprint density at radius 2 is 2.11 bits per heavy atom. The number of hydrogen-bond donors (Lipinski definition) is 1. The number of nitrogen functional groups attached to an aromatic ring is 1. The van der Waals surface area contributed by atoms with Crippen LogP contribution in [0.3, 0.4) is 0 Å². The number of nitrogens with zero attached hydrogens (tertiary/aromatic N) is 1. The Morgan fingerprint density at radius 3 is 3.00 bits per heavy atom. The van der Waals surface area contributed by atoms with Gasteiger partial charge in [-0.3, -0.25) is 0 Å². The van der Waals surface area contributed by atoms with Crippen LogP contribution in [0.1, 0.15) is 23.5 Å². The fourth-order valence-corrected chi connectivity index (χ4v) is 3.76. The maximum atomic E-state index is 5.88. The third-order valence-corrected chi connectivity index (χ3v) is 4.74. The second kappa shape index (κ2) is 5.02. The summed E-state index contributed by atoms with van der Waals surface area (Å²) in [6.07, 6.45) is 3.92. The number of hydrogen-bond acceptors (Lipinski definition) is 3. The Balaban J connectivity index is 1.71. The molecule has 0 aliphatic carbocycles. The minimum absolute atomic E-state index is 0.658. The van der Waals surface area contributed by atoms with E-state index >= 15 is 0 Å². The van der Waals surface area contributed by atoms with Gasteiger partial charge in [-0.05, 0) is 42.0 Å². The van der Waals surface area contributed by atoms with Crippen molar-refractivity contribution in [3.63, 3.8) is 0 Å². The van der Waals surface area contributed by atoms with Crippen LogP contribution in [0.5, 0.6) is 0 Å². The minimum atomic E-state index is 0.658.